The molecule has 6 nitrogen and oxygen atoms in total. The zero-order chi connectivity index (χ0) is 37.7. The Hall–Kier alpha value is -3.74. The highest BCUT2D eigenvalue weighted by Crippen LogP contribution is 2.44. The van der Waals surface area contributed by atoms with Gasteiger partial charge >= 0.3 is 0 Å². The molecule has 280 valence electrons. The molecule has 52 heavy (non-hydrogen) atoms. The van der Waals surface area contributed by atoms with Gasteiger partial charge in [-0.15, -0.1) is 0 Å². The number of nitrogens with zero attached hydrogens (tertiary/aromatic N) is 1. The first-order valence-electron chi connectivity index (χ1n) is 19.6. The summed E-state index contributed by atoms with van der Waals surface area (Å²) in [6, 6.07) is 29.5. The second-order valence-corrected chi connectivity index (χ2v) is 17.4. The van der Waals surface area contributed by atoms with Crippen molar-refractivity contribution in [1.82, 2.24) is 4.90 Å². The SMILES string of the molecule is CC(C)CC(O)(CC(C)Cc1cccc2ccccc12)CN(CC(O)(CC(C)C)CC(C)Cc1cccc2ccccc12)C(=O)C1(C(N)=O)CCC1. The Bertz CT molecular complexity index is 1710. The van der Waals surface area contributed by atoms with Crippen LogP contribution in [0.3, 0.4) is 0 Å². The molecule has 0 radical (unpaired) electrons. The van der Waals surface area contributed by atoms with Gasteiger partial charge in [-0.2, -0.15) is 0 Å². The molecule has 4 aromatic rings. The fraction of sp³-hybridized carbons (Fsp3) is 0.522. The lowest BCUT2D eigenvalue weighted by Gasteiger charge is -2.47. The van der Waals surface area contributed by atoms with Gasteiger partial charge in [0.1, 0.15) is 5.41 Å². The van der Waals surface area contributed by atoms with E-state index in [9.17, 15) is 19.8 Å². The summed E-state index contributed by atoms with van der Waals surface area (Å²) in [6.07, 6.45) is 5.03. The first kappa shape index (κ1) is 39.5. The number of fused-ring (bicyclic) bond motifs is 2. The van der Waals surface area contributed by atoms with E-state index in [1.807, 2.05) is 12.1 Å². The second kappa shape index (κ2) is 16.5. The van der Waals surface area contributed by atoms with Crippen LogP contribution in [-0.2, 0) is 22.4 Å². The van der Waals surface area contributed by atoms with Crippen molar-refractivity contribution in [2.75, 3.05) is 13.1 Å². The van der Waals surface area contributed by atoms with Crippen LogP contribution in [0.15, 0.2) is 84.9 Å². The van der Waals surface area contributed by atoms with Gasteiger partial charge in [-0.05, 0) is 108 Å². The minimum atomic E-state index is -1.29. The van der Waals surface area contributed by atoms with E-state index in [2.05, 4.69) is 114 Å². The van der Waals surface area contributed by atoms with E-state index in [1.165, 1.54) is 32.7 Å². The van der Waals surface area contributed by atoms with Crippen LogP contribution in [0.1, 0.15) is 97.6 Å². The quantitative estimate of drug-likeness (QED) is 0.0900. The molecular formula is C46H62N2O4. The van der Waals surface area contributed by atoms with Crippen LogP contribution in [0.4, 0.5) is 0 Å². The van der Waals surface area contributed by atoms with Gasteiger partial charge < -0.3 is 20.8 Å². The summed E-state index contributed by atoms with van der Waals surface area (Å²) in [7, 11) is 0. The minimum absolute atomic E-state index is 0.0387. The molecule has 5 rings (SSSR count). The fourth-order valence-corrected chi connectivity index (χ4v) is 9.39. The number of carbonyl (C=O) groups is 2. The van der Waals surface area contributed by atoms with Crippen molar-refractivity contribution in [2.45, 2.75) is 111 Å². The minimum Gasteiger partial charge on any atom is -0.388 e. The third-order valence-electron chi connectivity index (χ3n) is 11.3. The Kier molecular flexibility index (Phi) is 12.5. The molecule has 4 N–H and O–H groups in total. The highest BCUT2D eigenvalue weighted by Gasteiger charge is 2.53. The number of hydrogen-bond donors (Lipinski definition) is 3. The van der Waals surface area contributed by atoms with Gasteiger partial charge in [0.15, 0.2) is 0 Å². The van der Waals surface area contributed by atoms with Crippen molar-refractivity contribution in [1.29, 1.82) is 0 Å². The monoisotopic (exact) mass is 706 g/mol. The van der Waals surface area contributed by atoms with Gasteiger partial charge in [-0.1, -0.05) is 133 Å². The number of rotatable bonds is 18. The summed E-state index contributed by atoms with van der Waals surface area (Å²) >= 11 is 0. The Morgan fingerprint density at radius 3 is 1.42 bits per heavy atom. The van der Waals surface area contributed by atoms with E-state index in [-0.39, 0.29) is 42.7 Å². The van der Waals surface area contributed by atoms with Crippen molar-refractivity contribution in [2.24, 2.45) is 34.8 Å². The molecular weight excluding hydrogens is 645 g/mol. The van der Waals surface area contributed by atoms with E-state index in [4.69, 9.17) is 5.73 Å². The van der Waals surface area contributed by atoms with E-state index in [0.717, 1.165) is 19.3 Å². The topological polar surface area (TPSA) is 104 Å². The summed E-state index contributed by atoms with van der Waals surface area (Å²) in [5, 5.41) is 30.1. The summed E-state index contributed by atoms with van der Waals surface area (Å²) in [5.41, 5.74) is 4.69. The van der Waals surface area contributed by atoms with Crippen LogP contribution < -0.4 is 5.73 Å². The van der Waals surface area contributed by atoms with Crippen LogP contribution in [0.25, 0.3) is 21.5 Å². The lowest BCUT2D eigenvalue weighted by Crippen LogP contribution is -2.61. The maximum atomic E-state index is 14.7. The number of amides is 2. The summed E-state index contributed by atoms with van der Waals surface area (Å²) in [4.78, 5) is 29.3. The van der Waals surface area contributed by atoms with Crippen molar-refractivity contribution < 1.29 is 19.8 Å². The Morgan fingerprint density at radius 1 is 0.654 bits per heavy atom. The van der Waals surface area contributed by atoms with Crippen molar-refractivity contribution in [3.8, 4) is 0 Å². The molecule has 0 aliphatic heterocycles. The van der Waals surface area contributed by atoms with E-state index >= 15 is 0 Å². The lowest BCUT2D eigenvalue weighted by atomic mass is 9.66. The largest absolute Gasteiger partial charge is 0.388 e. The second-order valence-electron chi connectivity index (χ2n) is 17.4. The van der Waals surface area contributed by atoms with E-state index in [1.54, 1.807) is 4.90 Å². The van der Waals surface area contributed by atoms with Gasteiger partial charge in [0, 0.05) is 13.1 Å². The third kappa shape index (κ3) is 9.43. The predicted octanol–water partition coefficient (Wildman–Crippen LogP) is 8.87. The van der Waals surface area contributed by atoms with Crippen LogP contribution in [-0.4, -0.2) is 51.2 Å². The molecule has 1 aliphatic rings. The molecule has 6 heteroatoms. The Morgan fingerprint density at radius 2 is 1.06 bits per heavy atom. The molecule has 0 aromatic heterocycles. The van der Waals surface area contributed by atoms with Crippen LogP contribution in [0, 0.1) is 29.1 Å². The lowest BCUT2D eigenvalue weighted by molar-refractivity contribution is -0.163. The van der Waals surface area contributed by atoms with Crippen molar-refractivity contribution >= 4 is 33.4 Å². The number of primary amides is 1. The maximum absolute atomic E-state index is 14.7. The average Bonchev–Trinajstić information content (AvgIpc) is 3.03. The predicted molar refractivity (Wildman–Crippen MR) is 214 cm³/mol. The average molecular weight is 707 g/mol. The third-order valence-corrected chi connectivity index (χ3v) is 11.3. The van der Waals surface area contributed by atoms with Gasteiger partial charge in [0.05, 0.1) is 11.2 Å². The Labute approximate surface area is 311 Å². The molecule has 0 heterocycles. The van der Waals surface area contributed by atoms with E-state index in [0.29, 0.717) is 38.5 Å². The molecule has 0 spiro atoms. The van der Waals surface area contributed by atoms with Crippen molar-refractivity contribution in [3.63, 3.8) is 0 Å². The fourth-order valence-electron chi connectivity index (χ4n) is 9.39. The van der Waals surface area contributed by atoms with E-state index < -0.39 is 22.5 Å². The van der Waals surface area contributed by atoms with Crippen LogP contribution in [0.2, 0.25) is 0 Å². The molecule has 4 atom stereocenters. The molecule has 4 unspecified atom stereocenters. The zero-order valence-corrected chi connectivity index (χ0v) is 32.4. The molecule has 0 saturated heterocycles. The Balaban J connectivity index is 1.44. The first-order chi connectivity index (χ1) is 24.6. The first-order valence-corrected chi connectivity index (χ1v) is 19.6. The van der Waals surface area contributed by atoms with Gasteiger partial charge in [-0.3, -0.25) is 9.59 Å². The van der Waals surface area contributed by atoms with Gasteiger partial charge in [0.2, 0.25) is 11.8 Å². The van der Waals surface area contributed by atoms with Crippen LogP contribution >= 0.6 is 0 Å². The molecule has 4 aromatic carbocycles. The molecule has 2 amide bonds. The summed E-state index contributed by atoms with van der Waals surface area (Å²) in [6.45, 7) is 12.8. The number of carbonyl (C=O) groups excluding carboxylic acids is 2. The van der Waals surface area contributed by atoms with Gasteiger partial charge in [0.25, 0.3) is 0 Å². The highest BCUT2D eigenvalue weighted by molar-refractivity contribution is 6.05. The standard InChI is InChI=1S/C46H62N2O4/c1-32(2)26-44(51,28-34(5)24-38-18-11-16-36-14-7-9-20-40(36)38)30-48(43(50)46(42(47)49)22-13-23-46)31-45(52,27-33(3)4)29-35(6)25-39-19-12-17-37-15-8-10-21-41(37)39/h7-12,14-21,32-35,51-52H,13,22-31H2,1-6H3,(H2,47,49). The maximum Gasteiger partial charge on any atom is 0.238 e. The number of nitrogens with two attached hydrogens (primary N) is 1. The van der Waals surface area contributed by atoms with Crippen LogP contribution in [0.5, 0.6) is 0 Å². The summed E-state index contributed by atoms with van der Waals surface area (Å²) in [5.74, 6) is -0.418. The molecule has 1 fully saturated rings. The van der Waals surface area contributed by atoms with Gasteiger partial charge in [-0.25, -0.2) is 0 Å². The smallest absolute Gasteiger partial charge is 0.238 e. The zero-order valence-electron chi connectivity index (χ0n) is 32.4. The molecule has 1 saturated carbocycles. The molecule has 1 aliphatic carbocycles. The number of hydrogen-bond acceptors (Lipinski definition) is 4. The summed E-state index contributed by atoms with van der Waals surface area (Å²) < 4.78 is 0. The number of benzene rings is 4. The highest BCUT2D eigenvalue weighted by atomic mass is 16.3. The normalized spacial score (nSPS) is 17.7. The number of aliphatic hydroxyl groups is 2. The van der Waals surface area contributed by atoms with Crippen molar-refractivity contribution in [3.05, 3.63) is 96.1 Å². The molecule has 0 bridgehead atoms.